The summed E-state index contributed by atoms with van der Waals surface area (Å²) in [6.45, 7) is 1.25. The lowest BCUT2D eigenvalue weighted by Crippen LogP contribution is -2.45. The zero-order chi connectivity index (χ0) is 17.6. The van der Waals surface area contributed by atoms with Crippen LogP contribution in [-0.4, -0.2) is 54.1 Å². The molecule has 0 bridgehead atoms. The smallest absolute Gasteiger partial charge is 0.407 e. The first-order valence-electron chi connectivity index (χ1n) is 8.07. The Morgan fingerprint density at radius 3 is 2.96 bits per heavy atom. The summed E-state index contributed by atoms with van der Waals surface area (Å²) in [5.41, 5.74) is 0.628. The Kier molecular flexibility index (Phi) is 6.86. The molecule has 6 nitrogen and oxygen atoms in total. The van der Waals surface area contributed by atoms with Gasteiger partial charge in [-0.3, -0.25) is 0 Å². The topological polar surface area (TPSA) is 79.2 Å². The van der Waals surface area contributed by atoms with Crippen molar-refractivity contribution in [2.24, 2.45) is 0 Å². The molecule has 2 unspecified atom stereocenters. The van der Waals surface area contributed by atoms with Gasteiger partial charge in [0.05, 0.1) is 19.3 Å². The van der Waals surface area contributed by atoms with Gasteiger partial charge in [0.15, 0.2) is 5.79 Å². The highest BCUT2D eigenvalue weighted by Gasteiger charge is 2.29. The first-order chi connectivity index (χ1) is 11.4. The number of morpholine rings is 1. The second kappa shape index (κ2) is 8.67. The molecule has 1 aliphatic heterocycles. The lowest BCUT2D eigenvalue weighted by molar-refractivity contribution is -0.199. The Labute approximate surface area is 146 Å². The molecule has 0 spiro atoms. The number of benzene rings is 1. The lowest BCUT2D eigenvalue weighted by Gasteiger charge is -2.31. The Bertz CT molecular complexity index is 556. The number of hydrogen-bond acceptors (Lipinski definition) is 4. The van der Waals surface area contributed by atoms with Crippen LogP contribution in [0.5, 0.6) is 0 Å². The summed E-state index contributed by atoms with van der Waals surface area (Å²) in [7, 11) is 1.47. The maximum atomic E-state index is 11.0. The van der Waals surface area contributed by atoms with Crippen LogP contribution in [0.25, 0.3) is 0 Å². The number of carboxylic acid groups (broad SMARTS) is 1. The zero-order valence-corrected chi connectivity index (χ0v) is 14.5. The molecule has 1 saturated heterocycles. The van der Waals surface area contributed by atoms with Crippen LogP contribution < -0.4 is 0 Å². The van der Waals surface area contributed by atoms with E-state index in [1.54, 1.807) is 24.3 Å². The van der Waals surface area contributed by atoms with Crippen molar-refractivity contribution in [2.45, 2.75) is 37.6 Å². The van der Waals surface area contributed by atoms with Gasteiger partial charge in [0.1, 0.15) is 0 Å². The third-order valence-electron chi connectivity index (χ3n) is 4.31. The van der Waals surface area contributed by atoms with E-state index in [4.69, 9.17) is 26.2 Å². The van der Waals surface area contributed by atoms with Crippen molar-refractivity contribution >= 4 is 17.7 Å². The SMILES string of the molecule is COC(O)(CCCCC1CN(C(=O)O)CCO1)c1cccc(Cl)c1. The molecule has 1 amide bonds. The van der Waals surface area contributed by atoms with Crippen molar-refractivity contribution in [1.82, 2.24) is 4.90 Å². The van der Waals surface area contributed by atoms with Crippen LogP contribution in [0.2, 0.25) is 5.02 Å². The molecular weight excluding hydrogens is 334 g/mol. The average Bonchev–Trinajstić information content (AvgIpc) is 2.59. The van der Waals surface area contributed by atoms with E-state index in [2.05, 4.69) is 0 Å². The van der Waals surface area contributed by atoms with Crippen molar-refractivity contribution in [1.29, 1.82) is 0 Å². The van der Waals surface area contributed by atoms with Crippen LogP contribution in [-0.2, 0) is 15.3 Å². The summed E-state index contributed by atoms with van der Waals surface area (Å²) < 4.78 is 10.9. The summed E-state index contributed by atoms with van der Waals surface area (Å²) >= 11 is 5.97. The number of carbonyl (C=O) groups is 1. The van der Waals surface area contributed by atoms with E-state index in [0.717, 1.165) is 19.3 Å². The first kappa shape index (κ1) is 19.0. The third kappa shape index (κ3) is 5.08. The molecule has 0 aromatic heterocycles. The predicted octanol–water partition coefficient (Wildman–Crippen LogP) is 3.07. The number of rotatable bonds is 7. The van der Waals surface area contributed by atoms with Gasteiger partial charge >= 0.3 is 6.09 Å². The third-order valence-corrected chi connectivity index (χ3v) is 4.55. The molecule has 0 saturated carbocycles. The van der Waals surface area contributed by atoms with Crippen molar-refractivity contribution < 1.29 is 24.5 Å². The standard InChI is InChI=1S/C17H24ClNO5/c1-23-17(22,13-5-4-6-14(18)11-13)8-3-2-7-15-12-19(16(20)21)9-10-24-15/h4-6,11,15,22H,2-3,7-10,12H2,1H3,(H,20,21). The summed E-state index contributed by atoms with van der Waals surface area (Å²) in [6, 6.07) is 7.00. The molecule has 0 aliphatic carbocycles. The monoisotopic (exact) mass is 357 g/mol. The quantitative estimate of drug-likeness (QED) is 0.579. The van der Waals surface area contributed by atoms with Gasteiger partial charge in [-0.2, -0.15) is 0 Å². The molecule has 1 fully saturated rings. The molecule has 134 valence electrons. The van der Waals surface area contributed by atoms with E-state index in [1.165, 1.54) is 12.0 Å². The maximum absolute atomic E-state index is 11.0. The second-order valence-corrected chi connectivity index (χ2v) is 6.40. The minimum absolute atomic E-state index is 0.0864. The fourth-order valence-corrected chi connectivity index (χ4v) is 3.09. The van der Waals surface area contributed by atoms with E-state index in [-0.39, 0.29) is 6.10 Å². The minimum atomic E-state index is -1.37. The molecule has 1 heterocycles. The number of ether oxygens (including phenoxy) is 2. The largest absolute Gasteiger partial charge is 0.465 e. The van der Waals surface area contributed by atoms with Gasteiger partial charge in [-0.1, -0.05) is 30.2 Å². The van der Waals surface area contributed by atoms with Crippen molar-refractivity contribution in [3.63, 3.8) is 0 Å². The summed E-state index contributed by atoms with van der Waals surface area (Å²) in [4.78, 5) is 12.4. The van der Waals surface area contributed by atoms with Crippen LogP contribution in [0, 0.1) is 0 Å². The molecule has 1 aliphatic rings. The highest BCUT2D eigenvalue weighted by Crippen LogP contribution is 2.30. The number of aliphatic hydroxyl groups is 1. The summed E-state index contributed by atoms with van der Waals surface area (Å²) in [5, 5.41) is 20.2. The zero-order valence-electron chi connectivity index (χ0n) is 13.8. The molecule has 1 aromatic carbocycles. The average molecular weight is 358 g/mol. The highest BCUT2D eigenvalue weighted by molar-refractivity contribution is 6.30. The van der Waals surface area contributed by atoms with Crippen LogP contribution in [0.4, 0.5) is 4.79 Å². The van der Waals surface area contributed by atoms with Gasteiger partial charge in [-0.25, -0.2) is 4.79 Å². The van der Waals surface area contributed by atoms with Crippen LogP contribution in [0.3, 0.4) is 0 Å². The Hall–Kier alpha value is -1.34. The van der Waals surface area contributed by atoms with Crippen LogP contribution in [0.1, 0.15) is 31.2 Å². The van der Waals surface area contributed by atoms with Crippen LogP contribution in [0.15, 0.2) is 24.3 Å². The molecule has 24 heavy (non-hydrogen) atoms. The predicted molar refractivity (Wildman–Crippen MR) is 90.2 cm³/mol. The van der Waals surface area contributed by atoms with Gasteiger partial charge in [0.25, 0.3) is 0 Å². The first-order valence-corrected chi connectivity index (χ1v) is 8.45. The number of nitrogens with zero attached hydrogens (tertiary/aromatic N) is 1. The molecular formula is C17H24ClNO5. The van der Waals surface area contributed by atoms with Crippen molar-refractivity contribution in [3.05, 3.63) is 34.9 Å². The fraction of sp³-hybridized carbons (Fsp3) is 0.588. The molecule has 0 radical (unpaired) electrons. The van der Waals surface area contributed by atoms with E-state index in [0.29, 0.717) is 36.7 Å². The number of methoxy groups -OCH3 is 1. The maximum Gasteiger partial charge on any atom is 0.407 e. The fourth-order valence-electron chi connectivity index (χ4n) is 2.90. The Morgan fingerprint density at radius 1 is 1.50 bits per heavy atom. The van der Waals surface area contributed by atoms with Crippen molar-refractivity contribution in [3.8, 4) is 0 Å². The number of unbranched alkanes of at least 4 members (excludes halogenated alkanes) is 1. The van der Waals surface area contributed by atoms with E-state index < -0.39 is 11.9 Å². The van der Waals surface area contributed by atoms with E-state index in [9.17, 15) is 9.90 Å². The van der Waals surface area contributed by atoms with Crippen molar-refractivity contribution in [2.75, 3.05) is 26.8 Å². The van der Waals surface area contributed by atoms with E-state index >= 15 is 0 Å². The summed E-state index contributed by atoms with van der Waals surface area (Å²) in [6.07, 6.45) is 1.72. The normalized spacial score (nSPS) is 20.6. The molecule has 2 rings (SSSR count). The second-order valence-electron chi connectivity index (χ2n) is 5.97. The van der Waals surface area contributed by atoms with Gasteiger partial charge in [0.2, 0.25) is 0 Å². The molecule has 2 atom stereocenters. The number of hydrogen-bond donors (Lipinski definition) is 2. The Balaban J connectivity index is 1.80. The van der Waals surface area contributed by atoms with Gasteiger partial charge in [0, 0.05) is 30.7 Å². The van der Waals surface area contributed by atoms with Gasteiger partial charge in [-0.05, 0) is 25.0 Å². The molecule has 7 heteroatoms. The highest BCUT2D eigenvalue weighted by atomic mass is 35.5. The Morgan fingerprint density at radius 2 is 2.29 bits per heavy atom. The molecule has 1 aromatic rings. The van der Waals surface area contributed by atoms with Crippen LogP contribution >= 0.6 is 11.6 Å². The summed E-state index contributed by atoms with van der Waals surface area (Å²) in [5.74, 6) is -1.37. The van der Waals surface area contributed by atoms with Gasteiger partial charge in [-0.15, -0.1) is 0 Å². The number of halogens is 1. The van der Waals surface area contributed by atoms with E-state index in [1.807, 2.05) is 0 Å². The minimum Gasteiger partial charge on any atom is -0.465 e. The number of amides is 1. The molecule has 2 N–H and O–H groups in total. The lowest BCUT2D eigenvalue weighted by atomic mass is 9.98. The van der Waals surface area contributed by atoms with Gasteiger partial charge < -0.3 is 24.6 Å².